The second-order valence-corrected chi connectivity index (χ2v) is 3.23. The number of carbonyl (C=O) groups excluding carboxylic acids is 1. The molecular weight excluding hydrogens is 221 g/mol. The Hall–Kier alpha value is -2.31. The van der Waals surface area contributed by atoms with E-state index in [1.165, 1.54) is 19.1 Å². The van der Waals surface area contributed by atoms with Crippen LogP contribution in [0.4, 0.5) is 4.39 Å². The third-order valence-electron chi connectivity index (χ3n) is 2.00. The summed E-state index contributed by atoms with van der Waals surface area (Å²) in [6.45, 7) is 1.55. The first-order valence-corrected chi connectivity index (χ1v) is 4.96. The monoisotopic (exact) mass is 231 g/mol. The van der Waals surface area contributed by atoms with E-state index in [0.717, 1.165) is 0 Å². The molecular formula is C12H10FN3O. The number of Topliss-reactive ketones (excluding diaryl/α,β-unsaturated/α-hetero) is 1. The SMILES string of the molecule is CC(=O)c1cccc(C#CCCN=[N+]=[N-])c1F. The van der Waals surface area contributed by atoms with Gasteiger partial charge in [-0.1, -0.05) is 23.0 Å². The lowest BCUT2D eigenvalue weighted by molar-refractivity contribution is 0.101. The fourth-order valence-corrected chi connectivity index (χ4v) is 1.21. The number of halogens is 1. The minimum Gasteiger partial charge on any atom is -0.294 e. The molecule has 0 heterocycles. The fourth-order valence-electron chi connectivity index (χ4n) is 1.21. The molecule has 0 amide bonds. The first-order valence-electron chi connectivity index (χ1n) is 4.96. The van der Waals surface area contributed by atoms with Gasteiger partial charge in [-0.3, -0.25) is 4.79 Å². The lowest BCUT2D eigenvalue weighted by Crippen LogP contribution is -1.98. The minimum atomic E-state index is -0.601. The molecule has 86 valence electrons. The first-order chi connectivity index (χ1) is 8.16. The standard InChI is InChI=1S/C12H10FN3O/c1-9(17)11-7-4-6-10(12(11)13)5-2-3-8-15-16-14/h4,6-7H,3,8H2,1H3. The first kappa shape index (κ1) is 12.8. The molecule has 4 nitrogen and oxygen atoms in total. The third-order valence-corrected chi connectivity index (χ3v) is 2.00. The molecule has 0 radical (unpaired) electrons. The number of azide groups is 1. The predicted molar refractivity (Wildman–Crippen MR) is 61.9 cm³/mol. The zero-order valence-electron chi connectivity index (χ0n) is 9.27. The van der Waals surface area contributed by atoms with Crippen molar-refractivity contribution < 1.29 is 9.18 Å². The highest BCUT2D eigenvalue weighted by atomic mass is 19.1. The number of nitrogens with zero attached hydrogens (tertiary/aromatic N) is 3. The van der Waals surface area contributed by atoms with Gasteiger partial charge in [-0.05, 0) is 24.6 Å². The molecule has 0 saturated heterocycles. The van der Waals surface area contributed by atoms with E-state index in [0.29, 0.717) is 6.42 Å². The normalized spacial score (nSPS) is 8.82. The van der Waals surface area contributed by atoms with Crippen LogP contribution in [0, 0.1) is 17.7 Å². The van der Waals surface area contributed by atoms with Crippen molar-refractivity contribution in [3.05, 3.63) is 45.6 Å². The van der Waals surface area contributed by atoms with Gasteiger partial charge in [0, 0.05) is 17.9 Å². The zero-order valence-corrected chi connectivity index (χ0v) is 9.27. The van der Waals surface area contributed by atoms with E-state index in [2.05, 4.69) is 21.9 Å². The Bertz CT molecular complexity index is 536. The Morgan fingerprint density at radius 1 is 1.59 bits per heavy atom. The molecule has 1 aromatic rings. The van der Waals surface area contributed by atoms with Crippen LogP contribution in [-0.4, -0.2) is 12.3 Å². The Morgan fingerprint density at radius 3 is 3.00 bits per heavy atom. The molecule has 0 aliphatic rings. The highest BCUT2D eigenvalue weighted by molar-refractivity contribution is 5.94. The van der Waals surface area contributed by atoms with E-state index in [1.54, 1.807) is 6.07 Å². The molecule has 0 N–H and O–H groups in total. The number of rotatable bonds is 3. The smallest absolute Gasteiger partial charge is 0.162 e. The van der Waals surface area contributed by atoms with Gasteiger partial charge < -0.3 is 0 Å². The van der Waals surface area contributed by atoms with Crippen molar-refractivity contribution in [2.75, 3.05) is 6.54 Å². The topological polar surface area (TPSA) is 65.8 Å². The summed E-state index contributed by atoms with van der Waals surface area (Å²) >= 11 is 0. The number of carbonyl (C=O) groups is 1. The number of ketones is 1. The van der Waals surface area contributed by atoms with Crippen LogP contribution < -0.4 is 0 Å². The van der Waals surface area contributed by atoms with Crippen molar-refractivity contribution in [3.63, 3.8) is 0 Å². The van der Waals surface area contributed by atoms with E-state index in [-0.39, 0.29) is 23.5 Å². The van der Waals surface area contributed by atoms with Crippen LogP contribution in [0.3, 0.4) is 0 Å². The summed E-state index contributed by atoms with van der Waals surface area (Å²) in [5.41, 5.74) is 8.25. The Kier molecular flexibility index (Phi) is 4.74. The summed E-state index contributed by atoms with van der Waals surface area (Å²) in [5.74, 6) is 4.35. The molecule has 1 rings (SSSR count). The fraction of sp³-hybridized carbons (Fsp3) is 0.250. The summed E-state index contributed by atoms with van der Waals surface area (Å²) in [6.07, 6.45) is 0.355. The largest absolute Gasteiger partial charge is 0.294 e. The average molecular weight is 231 g/mol. The van der Waals surface area contributed by atoms with Gasteiger partial charge in [-0.15, -0.1) is 0 Å². The average Bonchev–Trinajstić information content (AvgIpc) is 2.30. The van der Waals surface area contributed by atoms with Crippen molar-refractivity contribution in [1.29, 1.82) is 0 Å². The second-order valence-electron chi connectivity index (χ2n) is 3.23. The van der Waals surface area contributed by atoms with E-state index < -0.39 is 5.82 Å². The van der Waals surface area contributed by atoms with Gasteiger partial charge >= 0.3 is 0 Å². The quantitative estimate of drug-likeness (QED) is 0.197. The van der Waals surface area contributed by atoms with Gasteiger partial charge in [0.25, 0.3) is 0 Å². The third kappa shape index (κ3) is 3.63. The minimum absolute atomic E-state index is 0.0341. The maximum absolute atomic E-state index is 13.7. The zero-order chi connectivity index (χ0) is 12.7. The van der Waals surface area contributed by atoms with Crippen LogP contribution in [0.5, 0.6) is 0 Å². The van der Waals surface area contributed by atoms with Crippen LogP contribution >= 0.6 is 0 Å². The van der Waals surface area contributed by atoms with E-state index in [9.17, 15) is 9.18 Å². The highest BCUT2D eigenvalue weighted by Gasteiger charge is 2.09. The van der Waals surface area contributed by atoms with E-state index in [1.807, 2.05) is 0 Å². The second kappa shape index (κ2) is 6.31. The lowest BCUT2D eigenvalue weighted by Gasteiger charge is -1.99. The van der Waals surface area contributed by atoms with E-state index in [4.69, 9.17) is 5.53 Å². The molecule has 5 heteroatoms. The Balaban J connectivity index is 2.88. The summed E-state index contributed by atoms with van der Waals surface area (Å²) in [6, 6.07) is 4.50. The van der Waals surface area contributed by atoms with Gasteiger partial charge in [0.2, 0.25) is 0 Å². The van der Waals surface area contributed by atoms with Gasteiger partial charge in [-0.25, -0.2) is 4.39 Å². The number of hydrogen-bond donors (Lipinski definition) is 0. The lowest BCUT2D eigenvalue weighted by atomic mass is 10.1. The highest BCUT2D eigenvalue weighted by Crippen LogP contribution is 2.12. The van der Waals surface area contributed by atoms with Gasteiger partial charge in [-0.2, -0.15) is 0 Å². The van der Waals surface area contributed by atoms with Crippen LogP contribution in [0.1, 0.15) is 29.3 Å². The molecule has 0 saturated carbocycles. The summed E-state index contributed by atoms with van der Waals surface area (Å²) < 4.78 is 13.7. The number of benzene rings is 1. The molecule has 0 spiro atoms. The van der Waals surface area contributed by atoms with Gasteiger partial charge in [0.1, 0.15) is 5.82 Å². The van der Waals surface area contributed by atoms with Crippen molar-refractivity contribution in [2.45, 2.75) is 13.3 Å². The van der Waals surface area contributed by atoms with Crippen molar-refractivity contribution in [1.82, 2.24) is 0 Å². The molecule has 0 atom stereocenters. The molecule has 0 fully saturated rings. The maximum Gasteiger partial charge on any atom is 0.162 e. The van der Waals surface area contributed by atoms with Crippen molar-refractivity contribution >= 4 is 5.78 Å². The molecule has 0 aromatic heterocycles. The molecule has 1 aromatic carbocycles. The van der Waals surface area contributed by atoms with Crippen molar-refractivity contribution in [2.24, 2.45) is 5.11 Å². The molecule has 0 aliphatic carbocycles. The summed E-state index contributed by atoms with van der Waals surface area (Å²) in [5, 5.41) is 3.30. The maximum atomic E-state index is 13.7. The summed E-state index contributed by atoms with van der Waals surface area (Å²) in [7, 11) is 0. The molecule has 17 heavy (non-hydrogen) atoms. The molecule has 0 aliphatic heterocycles. The Labute approximate surface area is 98.1 Å². The predicted octanol–water partition coefficient (Wildman–Crippen LogP) is 3.08. The van der Waals surface area contributed by atoms with Gasteiger partial charge in [0.05, 0.1) is 11.1 Å². The van der Waals surface area contributed by atoms with Crippen LogP contribution in [-0.2, 0) is 0 Å². The molecule has 0 unspecified atom stereocenters. The van der Waals surface area contributed by atoms with Crippen LogP contribution in [0.15, 0.2) is 23.3 Å². The van der Waals surface area contributed by atoms with Gasteiger partial charge in [0.15, 0.2) is 5.78 Å². The van der Waals surface area contributed by atoms with Crippen LogP contribution in [0.25, 0.3) is 10.4 Å². The van der Waals surface area contributed by atoms with Crippen molar-refractivity contribution in [3.8, 4) is 11.8 Å². The Morgan fingerprint density at radius 2 is 2.35 bits per heavy atom. The molecule has 0 bridgehead atoms. The van der Waals surface area contributed by atoms with Crippen LogP contribution in [0.2, 0.25) is 0 Å². The van der Waals surface area contributed by atoms with E-state index >= 15 is 0 Å². The summed E-state index contributed by atoms with van der Waals surface area (Å²) in [4.78, 5) is 13.7. The number of hydrogen-bond acceptors (Lipinski definition) is 2.